The molecule has 0 saturated heterocycles. The first-order valence-electron chi connectivity index (χ1n) is 8.05. The van der Waals surface area contributed by atoms with E-state index in [9.17, 15) is 13.8 Å². The van der Waals surface area contributed by atoms with Crippen LogP contribution in [0.5, 0.6) is 0 Å². The van der Waals surface area contributed by atoms with E-state index in [0.29, 0.717) is 36.5 Å². The quantitative estimate of drug-likeness (QED) is 0.239. The van der Waals surface area contributed by atoms with Gasteiger partial charge < -0.3 is 0 Å². The van der Waals surface area contributed by atoms with E-state index in [1.807, 2.05) is 5.48 Å². The first-order valence-corrected chi connectivity index (χ1v) is 10.5. The highest BCUT2D eigenvalue weighted by Crippen LogP contribution is 2.22. The van der Waals surface area contributed by atoms with Gasteiger partial charge in [0, 0.05) is 19.3 Å². The molecule has 0 amide bonds. The summed E-state index contributed by atoms with van der Waals surface area (Å²) in [5, 5.41) is 17.0. The number of aryl methyl sites for hydroxylation is 1. The number of aliphatic imine (C=N–C) groups is 1. The second kappa shape index (κ2) is 9.88. The van der Waals surface area contributed by atoms with Crippen LogP contribution in [0.25, 0.3) is 0 Å². The first kappa shape index (κ1) is 21.4. The third kappa shape index (κ3) is 5.79. The number of halogens is 2. The van der Waals surface area contributed by atoms with Crippen molar-refractivity contribution in [3.05, 3.63) is 39.9 Å². The fraction of sp³-hybridized carbons (Fsp3) is 0.400. The van der Waals surface area contributed by atoms with E-state index in [0.717, 1.165) is 0 Å². The summed E-state index contributed by atoms with van der Waals surface area (Å²) in [5.41, 5.74) is 3.05. The van der Waals surface area contributed by atoms with E-state index in [4.69, 9.17) is 4.63 Å². The van der Waals surface area contributed by atoms with Gasteiger partial charge in [0.15, 0.2) is 11.5 Å². The molecule has 0 aliphatic heterocycles. The molecule has 27 heavy (non-hydrogen) atoms. The zero-order valence-corrected chi connectivity index (χ0v) is 17.2. The number of hydroxylamine groups is 1. The van der Waals surface area contributed by atoms with Crippen molar-refractivity contribution in [1.82, 2.24) is 20.5 Å². The lowest BCUT2D eigenvalue weighted by atomic mass is 10.2. The van der Waals surface area contributed by atoms with Crippen molar-refractivity contribution in [2.45, 2.75) is 19.8 Å². The van der Waals surface area contributed by atoms with E-state index < -0.39 is 15.7 Å². The SMILES string of the molecule is CCS(=O)(=NC)NCCCc1nonc1C(=Nc1ccc(F)c(Br)c1)NO. The minimum atomic E-state index is -2.38. The molecule has 12 heteroatoms. The van der Waals surface area contributed by atoms with Gasteiger partial charge in [0.25, 0.3) is 0 Å². The predicted molar refractivity (Wildman–Crippen MR) is 103 cm³/mol. The van der Waals surface area contributed by atoms with Gasteiger partial charge in [-0.2, -0.15) is 0 Å². The molecular formula is C15H20BrFN6O3S. The summed E-state index contributed by atoms with van der Waals surface area (Å²) < 4.78 is 37.3. The Labute approximate surface area is 164 Å². The van der Waals surface area contributed by atoms with Crippen molar-refractivity contribution in [3.63, 3.8) is 0 Å². The maximum absolute atomic E-state index is 13.3. The highest BCUT2D eigenvalue weighted by molar-refractivity contribution is 9.10. The Kier molecular flexibility index (Phi) is 7.83. The third-order valence-electron chi connectivity index (χ3n) is 3.63. The van der Waals surface area contributed by atoms with Crippen LogP contribution in [-0.2, 0) is 16.3 Å². The molecule has 3 N–H and O–H groups in total. The fourth-order valence-corrected chi connectivity index (χ4v) is 3.57. The average Bonchev–Trinajstić information content (AvgIpc) is 3.14. The molecule has 0 bridgehead atoms. The number of nitrogens with one attached hydrogen (secondary N) is 2. The molecule has 1 aromatic carbocycles. The van der Waals surface area contributed by atoms with Crippen molar-refractivity contribution in [1.29, 1.82) is 0 Å². The normalized spacial score (nSPS) is 14.0. The van der Waals surface area contributed by atoms with Gasteiger partial charge in [-0.15, -0.1) is 0 Å². The summed E-state index contributed by atoms with van der Waals surface area (Å²) >= 11 is 3.08. The van der Waals surface area contributed by atoms with Crippen LogP contribution in [0, 0.1) is 5.82 Å². The maximum atomic E-state index is 13.3. The zero-order chi connectivity index (χ0) is 19.9. The van der Waals surface area contributed by atoms with Gasteiger partial charge in [-0.05, 0) is 52.1 Å². The van der Waals surface area contributed by atoms with Crippen LogP contribution in [0.4, 0.5) is 10.1 Å². The van der Waals surface area contributed by atoms with Crippen LogP contribution in [0.15, 0.2) is 36.7 Å². The minimum absolute atomic E-state index is 0.0126. The molecule has 2 rings (SSSR count). The maximum Gasteiger partial charge on any atom is 0.181 e. The Morgan fingerprint density at radius 1 is 1.44 bits per heavy atom. The first-order chi connectivity index (χ1) is 12.9. The summed E-state index contributed by atoms with van der Waals surface area (Å²) in [5.74, 6) is 0.00324. The van der Waals surface area contributed by atoms with Crippen LogP contribution in [0.3, 0.4) is 0 Å². The number of hydrogen-bond donors (Lipinski definition) is 3. The number of benzene rings is 1. The zero-order valence-electron chi connectivity index (χ0n) is 14.8. The standard InChI is InChI=1S/C15H20BrFN6O3S/c1-3-27(25,18-2)19-8-4-5-13-14(23-26-22-13)15(21-24)20-10-6-7-12(17)11(16)9-10/h6-7,9,24H,3-5,8H2,1-2H3,(H,20,21)(H,18,19,25). The molecule has 0 spiro atoms. The topological polar surface area (TPSA) is 125 Å². The largest absolute Gasteiger partial charge is 0.290 e. The molecule has 1 unspecified atom stereocenters. The van der Waals surface area contributed by atoms with Crippen LogP contribution >= 0.6 is 15.9 Å². The van der Waals surface area contributed by atoms with Gasteiger partial charge in [-0.3, -0.25) is 10.7 Å². The van der Waals surface area contributed by atoms with Crippen LogP contribution in [0.1, 0.15) is 24.7 Å². The second-order valence-corrected chi connectivity index (χ2v) is 8.71. The van der Waals surface area contributed by atoms with E-state index in [1.54, 1.807) is 6.92 Å². The van der Waals surface area contributed by atoms with Crippen LogP contribution < -0.4 is 10.2 Å². The number of rotatable bonds is 8. The highest BCUT2D eigenvalue weighted by Gasteiger charge is 2.16. The molecule has 0 aliphatic rings. The molecule has 2 aromatic rings. The number of hydrogen-bond acceptors (Lipinski definition) is 7. The van der Waals surface area contributed by atoms with E-state index >= 15 is 0 Å². The molecule has 9 nitrogen and oxygen atoms in total. The number of nitrogens with zero attached hydrogens (tertiary/aromatic N) is 4. The molecule has 1 heterocycles. The van der Waals surface area contributed by atoms with Crippen molar-refractivity contribution >= 4 is 37.4 Å². The second-order valence-electron chi connectivity index (χ2n) is 5.34. The molecule has 0 fully saturated rings. The minimum Gasteiger partial charge on any atom is -0.290 e. The Morgan fingerprint density at radius 2 is 2.22 bits per heavy atom. The molecule has 0 saturated carbocycles. The molecule has 148 valence electrons. The summed E-state index contributed by atoms with van der Waals surface area (Å²) in [6.45, 7) is 2.26. The van der Waals surface area contributed by atoms with Gasteiger partial charge in [0.05, 0.1) is 10.2 Å². The molecule has 1 aromatic heterocycles. The molecule has 1 atom stereocenters. The summed E-state index contributed by atoms with van der Waals surface area (Å²) in [7, 11) is -0.865. The van der Waals surface area contributed by atoms with E-state index in [1.165, 1.54) is 25.2 Å². The van der Waals surface area contributed by atoms with Crippen molar-refractivity contribution in [2.75, 3.05) is 19.3 Å². The lowest BCUT2D eigenvalue weighted by molar-refractivity contribution is 0.234. The summed E-state index contributed by atoms with van der Waals surface area (Å²) in [4.78, 5) is 4.20. The molecule has 0 aliphatic carbocycles. The van der Waals surface area contributed by atoms with Gasteiger partial charge in [-0.1, -0.05) is 12.1 Å². The fourth-order valence-electron chi connectivity index (χ4n) is 2.15. The van der Waals surface area contributed by atoms with Crippen LogP contribution in [-0.4, -0.2) is 44.9 Å². The summed E-state index contributed by atoms with van der Waals surface area (Å²) in [6, 6.07) is 4.15. The summed E-state index contributed by atoms with van der Waals surface area (Å²) in [6.07, 6.45) is 1.04. The molecule has 0 radical (unpaired) electrons. The Bertz CT molecular complexity index is 926. The van der Waals surface area contributed by atoms with Gasteiger partial charge in [-0.25, -0.2) is 27.3 Å². The smallest absolute Gasteiger partial charge is 0.181 e. The van der Waals surface area contributed by atoms with Crippen molar-refractivity contribution in [2.24, 2.45) is 9.36 Å². The van der Waals surface area contributed by atoms with Crippen LogP contribution in [0.2, 0.25) is 0 Å². The number of aromatic nitrogens is 2. The Balaban J connectivity index is 2.10. The van der Waals surface area contributed by atoms with Gasteiger partial charge >= 0.3 is 0 Å². The van der Waals surface area contributed by atoms with E-state index in [-0.39, 0.29) is 16.0 Å². The number of amidine groups is 1. The Morgan fingerprint density at radius 3 is 2.85 bits per heavy atom. The van der Waals surface area contributed by atoms with Crippen molar-refractivity contribution < 1.29 is 18.4 Å². The third-order valence-corrected chi connectivity index (χ3v) is 6.27. The monoisotopic (exact) mass is 462 g/mol. The van der Waals surface area contributed by atoms with Gasteiger partial charge in [0.1, 0.15) is 21.4 Å². The van der Waals surface area contributed by atoms with Crippen molar-refractivity contribution in [3.8, 4) is 0 Å². The Hall–Kier alpha value is -1.89. The highest BCUT2D eigenvalue weighted by atomic mass is 79.9. The lowest BCUT2D eigenvalue weighted by Crippen LogP contribution is -2.26. The predicted octanol–water partition coefficient (Wildman–Crippen LogP) is 2.58. The van der Waals surface area contributed by atoms with Gasteiger partial charge in [0.2, 0.25) is 0 Å². The van der Waals surface area contributed by atoms with E-state index in [2.05, 4.69) is 40.3 Å². The lowest BCUT2D eigenvalue weighted by Gasteiger charge is -2.08. The molecular weight excluding hydrogens is 443 g/mol. The average molecular weight is 463 g/mol.